The first-order valence-corrected chi connectivity index (χ1v) is 12.8. The third-order valence-electron chi connectivity index (χ3n) is 6.96. The topological polar surface area (TPSA) is 102 Å². The molecule has 0 bridgehead atoms. The Morgan fingerprint density at radius 2 is 2.11 bits per heavy atom. The van der Waals surface area contributed by atoms with Gasteiger partial charge in [0, 0.05) is 24.2 Å². The van der Waals surface area contributed by atoms with Gasteiger partial charge in [0.25, 0.3) is 5.56 Å². The molecule has 4 heterocycles. The number of fused-ring (bicyclic) bond motifs is 1. The number of pyridine rings is 1. The Bertz CT molecular complexity index is 1340. The molecule has 9 nitrogen and oxygen atoms in total. The summed E-state index contributed by atoms with van der Waals surface area (Å²) in [6.45, 7) is 8.80. The van der Waals surface area contributed by atoms with Gasteiger partial charge in [-0.05, 0) is 76.9 Å². The number of H-pyrrole nitrogens is 1. The standard InChI is InChI=1S/C27H34N6O3/c1-4-19-9-10-24-20(13-19)14-21(27(34)28-24)15-32(16-22-7-5-11-35-22)25(18(2)3)26-29-30-31-33(26)17-23-8-6-12-36-23/h5,7,9-11,13-14,18,23,25H,4,6,8,12,15-17H2,1-3H3,(H,28,34). The number of aromatic amines is 1. The van der Waals surface area contributed by atoms with Crippen molar-refractivity contribution < 1.29 is 9.15 Å². The summed E-state index contributed by atoms with van der Waals surface area (Å²) in [5.74, 6) is 1.78. The minimum Gasteiger partial charge on any atom is -0.468 e. The monoisotopic (exact) mass is 490 g/mol. The average molecular weight is 491 g/mol. The lowest BCUT2D eigenvalue weighted by molar-refractivity contribution is 0.0836. The van der Waals surface area contributed by atoms with E-state index in [1.807, 2.05) is 28.9 Å². The maximum atomic E-state index is 13.1. The van der Waals surface area contributed by atoms with E-state index < -0.39 is 0 Å². The molecule has 5 rings (SSSR count). The first-order chi connectivity index (χ1) is 17.5. The van der Waals surface area contributed by atoms with E-state index in [1.54, 1.807) is 6.26 Å². The van der Waals surface area contributed by atoms with Gasteiger partial charge in [-0.3, -0.25) is 9.69 Å². The van der Waals surface area contributed by atoms with E-state index >= 15 is 0 Å². The van der Waals surface area contributed by atoms with Gasteiger partial charge >= 0.3 is 0 Å². The highest BCUT2D eigenvalue weighted by Crippen LogP contribution is 2.31. The number of aryl methyl sites for hydroxylation is 1. The van der Waals surface area contributed by atoms with Gasteiger partial charge in [0.15, 0.2) is 5.82 Å². The van der Waals surface area contributed by atoms with Crippen LogP contribution >= 0.6 is 0 Å². The van der Waals surface area contributed by atoms with Crippen LogP contribution in [0.5, 0.6) is 0 Å². The minimum atomic E-state index is -0.136. The number of nitrogens with zero attached hydrogens (tertiary/aromatic N) is 5. The van der Waals surface area contributed by atoms with Crippen molar-refractivity contribution in [2.75, 3.05) is 6.61 Å². The highest BCUT2D eigenvalue weighted by molar-refractivity contribution is 5.79. The van der Waals surface area contributed by atoms with E-state index in [9.17, 15) is 4.79 Å². The van der Waals surface area contributed by atoms with Crippen LogP contribution in [-0.4, -0.2) is 42.8 Å². The van der Waals surface area contributed by atoms with Gasteiger partial charge in [-0.25, -0.2) is 4.68 Å². The van der Waals surface area contributed by atoms with Crippen LogP contribution in [0.3, 0.4) is 0 Å². The van der Waals surface area contributed by atoms with Crippen molar-refractivity contribution in [3.63, 3.8) is 0 Å². The lowest BCUT2D eigenvalue weighted by Gasteiger charge is -2.33. The fraction of sp³-hybridized carbons (Fsp3) is 0.481. The largest absolute Gasteiger partial charge is 0.468 e. The summed E-state index contributed by atoms with van der Waals surface area (Å²) in [7, 11) is 0. The van der Waals surface area contributed by atoms with Gasteiger partial charge in [-0.2, -0.15) is 0 Å². The second kappa shape index (κ2) is 10.8. The van der Waals surface area contributed by atoms with Crippen molar-refractivity contribution in [3.8, 4) is 0 Å². The molecule has 9 heteroatoms. The number of rotatable bonds is 10. The van der Waals surface area contributed by atoms with Crippen molar-refractivity contribution >= 4 is 10.9 Å². The van der Waals surface area contributed by atoms with E-state index in [1.165, 1.54) is 5.56 Å². The van der Waals surface area contributed by atoms with Gasteiger partial charge in [0.05, 0.1) is 31.5 Å². The van der Waals surface area contributed by atoms with Gasteiger partial charge < -0.3 is 14.1 Å². The van der Waals surface area contributed by atoms with Gasteiger partial charge in [0.2, 0.25) is 0 Å². The lowest BCUT2D eigenvalue weighted by atomic mass is 10.00. The summed E-state index contributed by atoms with van der Waals surface area (Å²) in [5, 5.41) is 13.8. The zero-order valence-electron chi connectivity index (χ0n) is 21.2. The van der Waals surface area contributed by atoms with Crippen LogP contribution in [-0.2, 0) is 30.8 Å². The van der Waals surface area contributed by atoms with Crippen LogP contribution < -0.4 is 5.56 Å². The first-order valence-electron chi connectivity index (χ1n) is 12.8. The quantitative estimate of drug-likeness (QED) is 0.355. The Morgan fingerprint density at radius 1 is 1.22 bits per heavy atom. The van der Waals surface area contributed by atoms with Crippen LogP contribution in [0.4, 0.5) is 0 Å². The second-order valence-corrected chi connectivity index (χ2v) is 9.93. The fourth-order valence-electron chi connectivity index (χ4n) is 5.13. The Hall–Kier alpha value is -3.30. The summed E-state index contributed by atoms with van der Waals surface area (Å²) < 4.78 is 13.4. The van der Waals surface area contributed by atoms with E-state index in [2.05, 4.69) is 58.3 Å². The second-order valence-electron chi connectivity index (χ2n) is 9.93. The fourth-order valence-corrected chi connectivity index (χ4v) is 5.13. The Morgan fingerprint density at radius 3 is 2.83 bits per heavy atom. The molecular formula is C27H34N6O3. The van der Waals surface area contributed by atoms with Gasteiger partial charge in [0.1, 0.15) is 5.76 Å². The maximum absolute atomic E-state index is 13.1. The van der Waals surface area contributed by atoms with E-state index in [0.717, 1.165) is 48.4 Å². The van der Waals surface area contributed by atoms with Crippen LogP contribution in [0, 0.1) is 5.92 Å². The predicted molar refractivity (Wildman–Crippen MR) is 136 cm³/mol. The average Bonchev–Trinajstić information content (AvgIpc) is 3.64. The molecule has 0 amide bonds. The Labute approximate surface area is 210 Å². The molecule has 4 aromatic rings. The van der Waals surface area contributed by atoms with E-state index in [4.69, 9.17) is 9.15 Å². The van der Waals surface area contributed by atoms with Crippen LogP contribution in [0.1, 0.15) is 62.4 Å². The van der Waals surface area contributed by atoms with Crippen LogP contribution in [0.15, 0.2) is 51.9 Å². The Balaban J connectivity index is 1.51. The van der Waals surface area contributed by atoms with Crippen molar-refractivity contribution in [2.45, 2.75) is 71.8 Å². The number of benzene rings is 1. The highest BCUT2D eigenvalue weighted by Gasteiger charge is 2.31. The third-order valence-corrected chi connectivity index (χ3v) is 6.96. The molecule has 1 N–H and O–H groups in total. The van der Waals surface area contributed by atoms with Crippen LogP contribution in [0.25, 0.3) is 10.9 Å². The summed E-state index contributed by atoms with van der Waals surface area (Å²) >= 11 is 0. The highest BCUT2D eigenvalue weighted by atomic mass is 16.5. The summed E-state index contributed by atoms with van der Waals surface area (Å²) in [5.41, 5.74) is 2.70. The van der Waals surface area contributed by atoms with Gasteiger partial charge in [-0.1, -0.05) is 26.8 Å². The van der Waals surface area contributed by atoms with Crippen molar-refractivity contribution in [2.24, 2.45) is 5.92 Å². The molecule has 0 saturated carbocycles. The number of tetrazole rings is 1. The van der Waals surface area contributed by atoms with Gasteiger partial charge in [-0.15, -0.1) is 5.10 Å². The van der Waals surface area contributed by atoms with Crippen LogP contribution in [0.2, 0.25) is 0 Å². The molecule has 1 saturated heterocycles. The molecule has 190 valence electrons. The van der Waals surface area contributed by atoms with Crippen molar-refractivity contribution in [3.05, 3.63) is 75.7 Å². The maximum Gasteiger partial charge on any atom is 0.252 e. The molecule has 1 fully saturated rings. The van der Waals surface area contributed by atoms with E-state index in [-0.39, 0.29) is 23.6 Å². The molecule has 36 heavy (non-hydrogen) atoms. The molecular weight excluding hydrogens is 456 g/mol. The number of hydrogen-bond donors (Lipinski definition) is 1. The first kappa shape index (κ1) is 24.4. The molecule has 0 spiro atoms. The summed E-state index contributed by atoms with van der Waals surface area (Å²) in [6.07, 6.45) is 4.81. The number of ether oxygens (including phenoxy) is 1. The number of hydrogen-bond acceptors (Lipinski definition) is 7. The minimum absolute atomic E-state index is 0.0855. The number of nitrogens with one attached hydrogen (secondary N) is 1. The molecule has 2 atom stereocenters. The Kier molecular flexibility index (Phi) is 7.29. The van der Waals surface area contributed by atoms with Crippen molar-refractivity contribution in [1.82, 2.24) is 30.1 Å². The molecule has 2 unspecified atom stereocenters. The predicted octanol–water partition coefficient (Wildman–Crippen LogP) is 4.25. The molecule has 1 aliphatic rings. The number of aromatic nitrogens is 5. The SMILES string of the molecule is CCc1ccc2[nH]c(=O)c(CN(Cc3ccco3)C(c3nnnn3CC3CCCO3)C(C)C)cc2c1. The third kappa shape index (κ3) is 5.27. The van der Waals surface area contributed by atoms with Crippen molar-refractivity contribution in [1.29, 1.82) is 0 Å². The van der Waals surface area contributed by atoms with E-state index in [0.29, 0.717) is 25.2 Å². The normalized spacial score (nSPS) is 17.0. The molecule has 1 aromatic carbocycles. The summed E-state index contributed by atoms with van der Waals surface area (Å²) in [4.78, 5) is 18.4. The number of furan rings is 1. The smallest absolute Gasteiger partial charge is 0.252 e. The zero-order chi connectivity index (χ0) is 25.1. The molecule has 3 aromatic heterocycles. The summed E-state index contributed by atoms with van der Waals surface area (Å²) in [6, 6.07) is 11.9. The molecule has 0 radical (unpaired) electrons. The molecule has 0 aliphatic carbocycles. The zero-order valence-corrected chi connectivity index (χ0v) is 21.2. The molecule has 1 aliphatic heterocycles. The lowest BCUT2D eigenvalue weighted by Crippen LogP contribution is -2.35.